The Morgan fingerprint density at radius 3 is 2.77 bits per heavy atom. The van der Waals surface area contributed by atoms with Crippen LogP contribution in [0.15, 0.2) is 23.1 Å². The lowest BCUT2D eigenvalue weighted by Gasteiger charge is -2.29. The third-order valence-corrected chi connectivity index (χ3v) is 6.24. The van der Waals surface area contributed by atoms with Gasteiger partial charge in [-0.3, -0.25) is 4.79 Å². The number of hydrogen-bond acceptors (Lipinski definition) is 5. The Hall–Kier alpha value is -1.91. The molecular formula is C19H26N2O4S. The molecule has 0 spiro atoms. The number of nitriles is 1. The second kappa shape index (κ2) is 8.65. The quantitative estimate of drug-likeness (QED) is 0.821. The molecule has 0 aliphatic heterocycles. The SMILES string of the molecule is CC[C@H](O[C@H]1CCC[C@@H](C)C1)C(=O)NS(=O)(=O)c1cc(C#N)ccc1C. The number of benzene rings is 1. The molecule has 1 aromatic carbocycles. The Balaban J connectivity index is 2.12. The highest BCUT2D eigenvalue weighted by Gasteiger charge is 2.29. The van der Waals surface area contributed by atoms with Crippen molar-refractivity contribution in [3.8, 4) is 6.07 Å². The van der Waals surface area contributed by atoms with E-state index in [4.69, 9.17) is 10.00 Å². The zero-order valence-electron chi connectivity index (χ0n) is 15.5. The van der Waals surface area contributed by atoms with Crippen LogP contribution in [-0.4, -0.2) is 26.5 Å². The highest BCUT2D eigenvalue weighted by atomic mass is 32.2. The summed E-state index contributed by atoms with van der Waals surface area (Å²) in [4.78, 5) is 12.4. The van der Waals surface area contributed by atoms with Crippen LogP contribution in [0.2, 0.25) is 0 Å². The van der Waals surface area contributed by atoms with Crippen molar-refractivity contribution < 1.29 is 17.9 Å². The zero-order valence-corrected chi connectivity index (χ0v) is 16.3. The van der Waals surface area contributed by atoms with Gasteiger partial charge < -0.3 is 4.74 Å². The summed E-state index contributed by atoms with van der Waals surface area (Å²) in [6.07, 6.45) is 3.57. The van der Waals surface area contributed by atoms with Gasteiger partial charge in [-0.1, -0.05) is 32.8 Å². The summed E-state index contributed by atoms with van der Waals surface area (Å²) in [6.45, 7) is 5.58. The molecule has 1 fully saturated rings. The molecule has 0 unspecified atom stereocenters. The molecule has 142 valence electrons. The second-order valence-corrected chi connectivity index (χ2v) is 8.64. The van der Waals surface area contributed by atoms with E-state index < -0.39 is 22.0 Å². The van der Waals surface area contributed by atoms with Gasteiger partial charge in [-0.05, 0) is 49.8 Å². The molecular weight excluding hydrogens is 352 g/mol. The van der Waals surface area contributed by atoms with Crippen LogP contribution < -0.4 is 4.72 Å². The lowest BCUT2D eigenvalue weighted by molar-refractivity contribution is -0.137. The van der Waals surface area contributed by atoms with Gasteiger partial charge in [-0.2, -0.15) is 5.26 Å². The van der Waals surface area contributed by atoms with Crippen molar-refractivity contribution in [3.63, 3.8) is 0 Å². The van der Waals surface area contributed by atoms with Crippen molar-refractivity contribution in [2.75, 3.05) is 0 Å². The van der Waals surface area contributed by atoms with Gasteiger partial charge in [0.2, 0.25) is 0 Å². The van der Waals surface area contributed by atoms with Crippen LogP contribution in [0.1, 0.15) is 57.1 Å². The van der Waals surface area contributed by atoms with Crippen molar-refractivity contribution in [1.29, 1.82) is 5.26 Å². The van der Waals surface area contributed by atoms with Crippen LogP contribution in [0.25, 0.3) is 0 Å². The number of amides is 1. The van der Waals surface area contributed by atoms with E-state index in [1.807, 2.05) is 6.07 Å². The van der Waals surface area contributed by atoms with E-state index in [1.165, 1.54) is 6.07 Å². The van der Waals surface area contributed by atoms with Crippen molar-refractivity contribution >= 4 is 15.9 Å². The molecule has 26 heavy (non-hydrogen) atoms. The number of nitrogens with zero attached hydrogens (tertiary/aromatic N) is 1. The highest BCUT2D eigenvalue weighted by molar-refractivity contribution is 7.90. The first kappa shape index (κ1) is 20.4. The summed E-state index contributed by atoms with van der Waals surface area (Å²) in [7, 11) is -4.06. The van der Waals surface area contributed by atoms with Crippen molar-refractivity contribution in [2.24, 2.45) is 5.92 Å². The Morgan fingerprint density at radius 2 is 2.15 bits per heavy atom. The maximum Gasteiger partial charge on any atom is 0.264 e. The van der Waals surface area contributed by atoms with Crippen LogP contribution >= 0.6 is 0 Å². The number of rotatable bonds is 6. The summed E-state index contributed by atoms with van der Waals surface area (Å²) in [6, 6.07) is 6.27. The van der Waals surface area contributed by atoms with Gasteiger partial charge in [0, 0.05) is 0 Å². The summed E-state index contributed by atoms with van der Waals surface area (Å²) < 4.78 is 33.2. The first-order valence-electron chi connectivity index (χ1n) is 8.99. The maximum absolute atomic E-state index is 12.6. The molecule has 1 amide bonds. The fourth-order valence-electron chi connectivity index (χ4n) is 3.29. The minimum Gasteiger partial charge on any atom is -0.365 e. The fraction of sp³-hybridized carbons (Fsp3) is 0.579. The first-order valence-corrected chi connectivity index (χ1v) is 10.5. The summed E-state index contributed by atoms with van der Waals surface area (Å²) in [5.41, 5.74) is 0.697. The molecule has 0 radical (unpaired) electrons. The summed E-state index contributed by atoms with van der Waals surface area (Å²) >= 11 is 0. The Kier molecular flexibility index (Phi) is 6.79. The number of hydrogen-bond donors (Lipinski definition) is 1. The molecule has 7 heteroatoms. The molecule has 0 saturated heterocycles. The van der Waals surface area contributed by atoms with Gasteiger partial charge in [0.15, 0.2) is 0 Å². The first-order chi connectivity index (χ1) is 12.3. The van der Waals surface area contributed by atoms with E-state index in [1.54, 1.807) is 26.0 Å². The van der Waals surface area contributed by atoms with Crippen LogP contribution in [0.5, 0.6) is 0 Å². The average molecular weight is 378 g/mol. The summed E-state index contributed by atoms with van der Waals surface area (Å²) in [5.74, 6) is -0.109. The van der Waals surface area contributed by atoms with E-state index >= 15 is 0 Å². The van der Waals surface area contributed by atoms with E-state index in [-0.39, 0.29) is 16.6 Å². The smallest absolute Gasteiger partial charge is 0.264 e. The lowest BCUT2D eigenvalue weighted by atomic mass is 9.88. The van der Waals surface area contributed by atoms with Crippen LogP contribution in [0.4, 0.5) is 0 Å². The molecule has 1 aliphatic carbocycles. The fourth-order valence-corrected chi connectivity index (χ4v) is 4.57. The molecule has 0 aromatic heterocycles. The number of nitrogens with one attached hydrogen (secondary N) is 1. The van der Waals surface area contributed by atoms with Gasteiger partial charge >= 0.3 is 0 Å². The minimum absolute atomic E-state index is 0.0131. The lowest BCUT2D eigenvalue weighted by Crippen LogP contribution is -2.42. The van der Waals surface area contributed by atoms with Gasteiger partial charge in [-0.15, -0.1) is 0 Å². The van der Waals surface area contributed by atoms with Crippen molar-refractivity contribution in [1.82, 2.24) is 4.72 Å². The normalized spacial score (nSPS) is 21.6. The Bertz CT molecular complexity index is 798. The molecule has 1 aromatic rings. The number of carbonyl (C=O) groups excluding carboxylic acids is 1. The van der Waals surface area contributed by atoms with Gasteiger partial charge in [-0.25, -0.2) is 13.1 Å². The van der Waals surface area contributed by atoms with Gasteiger partial charge in [0.25, 0.3) is 15.9 Å². The Morgan fingerprint density at radius 1 is 1.42 bits per heavy atom. The summed E-state index contributed by atoms with van der Waals surface area (Å²) in [5, 5.41) is 8.98. The van der Waals surface area contributed by atoms with E-state index in [0.29, 0.717) is 17.9 Å². The van der Waals surface area contributed by atoms with E-state index in [9.17, 15) is 13.2 Å². The highest BCUT2D eigenvalue weighted by Crippen LogP contribution is 2.27. The predicted octanol–water partition coefficient (Wildman–Crippen LogP) is 3.05. The second-order valence-electron chi connectivity index (χ2n) is 6.99. The van der Waals surface area contributed by atoms with E-state index in [2.05, 4.69) is 11.6 Å². The average Bonchev–Trinajstić information content (AvgIpc) is 2.59. The van der Waals surface area contributed by atoms with Gasteiger partial charge in [0.05, 0.1) is 22.6 Å². The largest absolute Gasteiger partial charge is 0.365 e. The number of carbonyl (C=O) groups is 1. The molecule has 2 rings (SSSR count). The molecule has 1 aliphatic rings. The zero-order chi connectivity index (χ0) is 19.3. The predicted molar refractivity (Wildman–Crippen MR) is 97.8 cm³/mol. The van der Waals surface area contributed by atoms with Crippen molar-refractivity contribution in [2.45, 2.75) is 70.0 Å². The monoisotopic (exact) mass is 378 g/mol. The topological polar surface area (TPSA) is 96.3 Å². The molecule has 0 bridgehead atoms. The molecule has 6 nitrogen and oxygen atoms in total. The molecule has 3 atom stereocenters. The minimum atomic E-state index is -4.06. The molecule has 1 N–H and O–H groups in total. The third kappa shape index (κ3) is 5.05. The molecule has 0 heterocycles. The standard InChI is InChI=1S/C19H26N2O4S/c1-4-17(25-16-7-5-6-13(2)10-16)19(22)21-26(23,24)18-11-15(12-20)9-8-14(18)3/h8-9,11,13,16-17H,4-7,10H2,1-3H3,(H,21,22)/t13-,16+,17+/m1/s1. The van der Waals surface area contributed by atoms with Crippen LogP contribution in [-0.2, 0) is 19.6 Å². The van der Waals surface area contributed by atoms with E-state index in [0.717, 1.165) is 25.7 Å². The number of aryl methyl sites for hydroxylation is 1. The maximum atomic E-state index is 12.6. The number of ether oxygens (including phenoxy) is 1. The van der Waals surface area contributed by atoms with Crippen LogP contribution in [0, 0.1) is 24.2 Å². The van der Waals surface area contributed by atoms with Crippen molar-refractivity contribution in [3.05, 3.63) is 29.3 Å². The van der Waals surface area contributed by atoms with Crippen LogP contribution in [0.3, 0.4) is 0 Å². The Labute approximate surface area is 155 Å². The third-order valence-electron chi connectivity index (χ3n) is 4.75. The number of sulfonamides is 1. The molecule has 1 saturated carbocycles. The van der Waals surface area contributed by atoms with Gasteiger partial charge in [0.1, 0.15) is 6.10 Å².